The molecule has 0 bridgehead atoms. The molecule has 0 fully saturated rings. The van der Waals surface area contributed by atoms with Crippen molar-refractivity contribution >= 4 is 60.5 Å². The Kier molecular flexibility index (Phi) is 5.14. The standard InChI is InChI=1S/C37H24N2O/c1-2-12-28(13-3-1)39(29-20-17-27(18-21-29)31-16-8-11-25-9-4-6-14-30(25)31)35-24-38-23-34-33-22-19-26-10-5-7-15-32(26)36(33)40-37(34)35/h1-24H. The maximum Gasteiger partial charge on any atom is 0.162 e. The topological polar surface area (TPSA) is 29.3 Å². The summed E-state index contributed by atoms with van der Waals surface area (Å²) in [7, 11) is 0. The molecule has 2 aromatic heterocycles. The average Bonchev–Trinajstić information content (AvgIpc) is 3.42. The molecule has 8 aromatic rings. The molecule has 0 N–H and O–H groups in total. The van der Waals surface area contributed by atoms with E-state index in [-0.39, 0.29) is 0 Å². The molecule has 40 heavy (non-hydrogen) atoms. The average molecular weight is 513 g/mol. The molecular weight excluding hydrogens is 488 g/mol. The van der Waals surface area contributed by atoms with E-state index in [2.05, 4.69) is 137 Å². The maximum absolute atomic E-state index is 6.68. The minimum absolute atomic E-state index is 0.823. The molecule has 188 valence electrons. The Labute approximate surface area is 231 Å². The SMILES string of the molecule is c1ccc(N(c2ccc(-c3cccc4ccccc34)cc2)c2cncc3c2oc2c4ccccc4ccc32)cc1. The van der Waals surface area contributed by atoms with Crippen LogP contribution in [0.1, 0.15) is 0 Å². The van der Waals surface area contributed by atoms with E-state index >= 15 is 0 Å². The van der Waals surface area contributed by atoms with Gasteiger partial charge in [-0.3, -0.25) is 4.98 Å². The number of para-hydroxylation sites is 1. The lowest BCUT2D eigenvalue weighted by Crippen LogP contribution is -2.10. The number of rotatable bonds is 4. The number of aromatic nitrogens is 1. The lowest BCUT2D eigenvalue weighted by atomic mass is 9.98. The van der Waals surface area contributed by atoms with Gasteiger partial charge in [0.1, 0.15) is 11.3 Å². The van der Waals surface area contributed by atoms with Crippen molar-refractivity contribution in [1.82, 2.24) is 4.98 Å². The van der Waals surface area contributed by atoms with Crippen molar-refractivity contribution in [2.75, 3.05) is 4.90 Å². The summed E-state index contributed by atoms with van der Waals surface area (Å²) in [5, 5.41) is 6.83. The van der Waals surface area contributed by atoms with Gasteiger partial charge in [-0.1, -0.05) is 103 Å². The Morgan fingerprint density at radius 3 is 1.95 bits per heavy atom. The highest BCUT2D eigenvalue weighted by Crippen LogP contribution is 2.43. The van der Waals surface area contributed by atoms with Crippen molar-refractivity contribution in [1.29, 1.82) is 0 Å². The number of hydrogen-bond acceptors (Lipinski definition) is 3. The molecule has 3 nitrogen and oxygen atoms in total. The maximum atomic E-state index is 6.68. The molecule has 0 saturated carbocycles. The molecule has 0 amide bonds. The van der Waals surface area contributed by atoms with E-state index < -0.39 is 0 Å². The smallest absolute Gasteiger partial charge is 0.162 e. The normalized spacial score (nSPS) is 11.5. The van der Waals surface area contributed by atoms with Gasteiger partial charge in [0.2, 0.25) is 0 Å². The van der Waals surface area contributed by atoms with Crippen LogP contribution < -0.4 is 4.90 Å². The molecule has 0 aliphatic carbocycles. The van der Waals surface area contributed by atoms with Gasteiger partial charge in [0.25, 0.3) is 0 Å². The fraction of sp³-hybridized carbons (Fsp3) is 0. The molecule has 0 aliphatic rings. The van der Waals surface area contributed by atoms with Crippen LogP contribution in [0.15, 0.2) is 150 Å². The number of benzene rings is 6. The Morgan fingerprint density at radius 2 is 1.12 bits per heavy atom. The monoisotopic (exact) mass is 512 g/mol. The fourth-order valence-corrected chi connectivity index (χ4v) is 5.83. The Morgan fingerprint density at radius 1 is 0.450 bits per heavy atom. The summed E-state index contributed by atoms with van der Waals surface area (Å²) >= 11 is 0. The van der Waals surface area contributed by atoms with Crippen molar-refractivity contribution in [3.63, 3.8) is 0 Å². The quantitative estimate of drug-likeness (QED) is 0.235. The molecule has 0 saturated heterocycles. The molecule has 0 radical (unpaired) electrons. The van der Waals surface area contributed by atoms with Crippen molar-refractivity contribution in [3.05, 3.63) is 146 Å². The zero-order chi connectivity index (χ0) is 26.5. The van der Waals surface area contributed by atoms with Gasteiger partial charge >= 0.3 is 0 Å². The van der Waals surface area contributed by atoms with E-state index in [1.54, 1.807) is 0 Å². The van der Waals surface area contributed by atoms with Crippen LogP contribution in [0.5, 0.6) is 0 Å². The number of nitrogens with zero attached hydrogens (tertiary/aromatic N) is 2. The predicted molar refractivity (Wildman–Crippen MR) is 167 cm³/mol. The van der Waals surface area contributed by atoms with E-state index in [1.165, 1.54) is 21.9 Å². The zero-order valence-corrected chi connectivity index (χ0v) is 21.7. The van der Waals surface area contributed by atoms with Gasteiger partial charge in [0, 0.05) is 33.7 Å². The van der Waals surface area contributed by atoms with E-state index in [1.807, 2.05) is 18.5 Å². The van der Waals surface area contributed by atoms with Gasteiger partial charge in [0.05, 0.1) is 6.20 Å². The van der Waals surface area contributed by atoms with Gasteiger partial charge in [-0.25, -0.2) is 0 Å². The van der Waals surface area contributed by atoms with Crippen LogP contribution >= 0.6 is 0 Å². The highest BCUT2D eigenvalue weighted by Gasteiger charge is 2.20. The molecular formula is C37H24N2O. The third kappa shape index (κ3) is 3.56. The van der Waals surface area contributed by atoms with Crippen LogP contribution in [0.2, 0.25) is 0 Å². The highest BCUT2D eigenvalue weighted by molar-refractivity contribution is 6.17. The number of hydrogen-bond donors (Lipinski definition) is 0. The first kappa shape index (κ1) is 22.6. The largest absolute Gasteiger partial charge is 0.453 e. The van der Waals surface area contributed by atoms with Gasteiger partial charge < -0.3 is 9.32 Å². The summed E-state index contributed by atoms with van der Waals surface area (Å²) in [6, 6.07) is 46.8. The van der Waals surface area contributed by atoms with E-state index in [0.717, 1.165) is 49.8 Å². The molecule has 0 aliphatic heterocycles. The van der Waals surface area contributed by atoms with E-state index in [4.69, 9.17) is 4.42 Å². The molecule has 3 heteroatoms. The van der Waals surface area contributed by atoms with Crippen LogP contribution in [-0.4, -0.2) is 4.98 Å². The Balaban J connectivity index is 1.32. The summed E-state index contributed by atoms with van der Waals surface area (Å²) in [6.45, 7) is 0. The molecule has 0 unspecified atom stereocenters. The van der Waals surface area contributed by atoms with Crippen LogP contribution in [-0.2, 0) is 0 Å². The fourth-order valence-electron chi connectivity index (χ4n) is 5.83. The highest BCUT2D eigenvalue weighted by atomic mass is 16.3. The first-order chi connectivity index (χ1) is 19.8. The lowest BCUT2D eigenvalue weighted by Gasteiger charge is -2.25. The predicted octanol–water partition coefficient (Wildman–Crippen LogP) is 10.4. The molecule has 2 heterocycles. The minimum atomic E-state index is 0.823. The van der Waals surface area contributed by atoms with Crippen molar-refractivity contribution in [3.8, 4) is 11.1 Å². The minimum Gasteiger partial charge on any atom is -0.453 e. The molecule has 8 rings (SSSR count). The lowest BCUT2D eigenvalue weighted by molar-refractivity contribution is 0.672. The van der Waals surface area contributed by atoms with Gasteiger partial charge in [-0.2, -0.15) is 0 Å². The summed E-state index contributed by atoms with van der Waals surface area (Å²) in [5.41, 5.74) is 7.10. The zero-order valence-electron chi connectivity index (χ0n) is 21.7. The van der Waals surface area contributed by atoms with E-state index in [0.29, 0.717) is 0 Å². The Bertz CT molecular complexity index is 2160. The molecule has 0 atom stereocenters. The Hall–Kier alpha value is -5.41. The van der Waals surface area contributed by atoms with Crippen LogP contribution in [0.3, 0.4) is 0 Å². The molecule has 0 spiro atoms. The number of furan rings is 1. The van der Waals surface area contributed by atoms with Crippen molar-refractivity contribution in [2.45, 2.75) is 0 Å². The summed E-state index contributed by atoms with van der Waals surface area (Å²) < 4.78 is 6.68. The van der Waals surface area contributed by atoms with Gasteiger partial charge in [0.15, 0.2) is 5.58 Å². The summed E-state index contributed by atoms with van der Waals surface area (Å²) in [6.07, 6.45) is 3.81. The second-order valence-electron chi connectivity index (χ2n) is 10.0. The van der Waals surface area contributed by atoms with Crippen molar-refractivity contribution < 1.29 is 4.42 Å². The molecule has 6 aromatic carbocycles. The first-order valence-electron chi connectivity index (χ1n) is 13.5. The van der Waals surface area contributed by atoms with Gasteiger partial charge in [-0.15, -0.1) is 0 Å². The summed E-state index contributed by atoms with van der Waals surface area (Å²) in [5.74, 6) is 0. The first-order valence-corrected chi connectivity index (χ1v) is 13.5. The number of fused-ring (bicyclic) bond motifs is 6. The third-order valence-electron chi connectivity index (χ3n) is 7.73. The van der Waals surface area contributed by atoms with Crippen LogP contribution in [0, 0.1) is 0 Å². The second-order valence-corrected chi connectivity index (χ2v) is 10.0. The van der Waals surface area contributed by atoms with Crippen LogP contribution in [0.4, 0.5) is 17.1 Å². The number of pyridine rings is 1. The van der Waals surface area contributed by atoms with Crippen molar-refractivity contribution in [2.24, 2.45) is 0 Å². The third-order valence-corrected chi connectivity index (χ3v) is 7.73. The number of anilines is 3. The van der Waals surface area contributed by atoms with E-state index in [9.17, 15) is 0 Å². The van der Waals surface area contributed by atoms with Gasteiger partial charge in [-0.05, 0) is 57.6 Å². The van der Waals surface area contributed by atoms with Crippen LogP contribution in [0.25, 0.3) is 54.6 Å². The summed E-state index contributed by atoms with van der Waals surface area (Å²) in [4.78, 5) is 6.91. The second kappa shape index (κ2) is 9.11.